The summed E-state index contributed by atoms with van der Waals surface area (Å²) in [6.07, 6.45) is -15.7. The minimum atomic E-state index is -5.52. The van der Waals surface area contributed by atoms with E-state index < -0.39 is 48.2 Å². The second-order valence-electron chi connectivity index (χ2n) is 4.77. The summed E-state index contributed by atoms with van der Waals surface area (Å²) in [5.41, 5.74) is 0.282. The molecule has 1 aromatic rings. The molecule has 0 saturated carbocycles. The van der Waals surface area contributed by atoms with E-state index in [1.807, 2.05) is 0 Å². The first-order valence-corrected chi connectivity index (χ1v) is 7.46. The molecule has 0 aromatic heterocycles. The van der Waals surface area contributed by atoms with Crippen LogP contribution in [0.3, 0.4) is 0 Å². The minimum Gasteiger partial charge on any atom is -0.282 e. The first-order valence-electron chi connectivity index (χ1n) is 6.48. The number of carbonyl (C=O) groups is 1. The van der Waals surface area contributed by atoms with E-state index in [2.05, 4.69) is 0 Å². The molecule has 2 unspecified atom stereocenters. The smallest absolute Gasteiger partial charge is 0.282 e. The first-order chi connectivity index (χ1) is 10.5. The molecule has 0 aliphatic carbocycles. The van der Waals surface area contributed by atoms with Crippen LogP contribution in [0.5, 0.6) is 0 Å². The van der Waals surface area contributed by atoms with Gasteiger partial charge < -0.3 is 0 Å². The fourth-order valence-corrected chi connectivity index (χ4v) is 2.54. The minimum absolute atomic E-state index is 0.282. The predicted molar refractivity (Wildman–Crippen MR) is 73.3 cm³/mol. The molecule has 9 heteroatoms. The third-order valence-corrected chi connectivity index (χ3v) is 3.74. The molecule has 1 aromatic carbocycles. The molecule has 0 bridgehead atoms. The van der Waals surface area contributed by atoms with E-state index in [0.29, 0.717) is 11.8 Å². The average Bonchev–Trinajstić information content (AvgIpc) is 2.45. The summed E-state index contributed by atoms with van der Waals surface area (Å²) in [7, 11) is 0. The van der Waals surface area contributed by atoms with E-state index in [1.54, 1.807) is 18.2 Å². The zero-order chi connectivity index (χ0) is 17.7. The third-order valence-electron chi connectivity index (χ3n) is 2.83. The van der Waals surface area contributed by atoms with Crippen molar-refractivity contribution < 1.29 is 35.5 Å². The van der Waals surface area contributed by atoms with Crippen LogP contribution >= 0.6 is 11.8 Å². The largest absolute Gasteiger partial charge is 0.422 e. The fraction of sp³-hybridized carbons (Fsp3) is 0.500. The highest BCUT2D eigenvalue weighted by atomic mass is 32.2. The lowest BCUT2D eigenvalue weighted by molar-refractivity contribution is -0.202. The molecule has 1 rings (SSSR count). The van der Waals surface area contributed by atoms with Gasteiger partial charge in [-0.3, -0.25) is 4.79 Å². The van der Waals surface area contributed by atoms with Gasteiger partial charge in [-0.05, 0) is 0 Å². The van der Waals surface area contributed by atoms with Crippen molar-refractivity contribution >= 4 is 16.9 Å². The van der Waals surface area contributed by atoms with Crippen LogP contribution in [-0.2, 0) is 0 Å². The van der Waals surface area contributed by atoms with Crippen LogP contribution in [0.1, 0.15) is 23.2 Å². The van der Waals surface area contributed by atoms with Gasteiger partial charge >= 0.3 is 6.18 Å². The van der Waals surface area contributed by atoms with Crippen LogP contribution in [0.25, 0.3) is 0 Å². The summed E-state index contributed by atoms with van der Waals surface area (Å²) in [5, 5.41) is -0.489. The maximum Gasteiger partial charge on any atom is 0.422 e. The van der Waals surface area contributed by atoms with E-state index in [4.69, 9.17) is 0 Å². The second-order valence-corrected chi connectivity index (χ2v) is 5.84. The van der Waals surface area contributed by atoms with Gasteiger partial charge in [0.2, 0.25) is 11.3 Å². The number of hydrogen-bond donors (Lipinski definition) is 0. The zero-order valence-corrected chi connectivity index (χ0v) is 12.4. The van der Waals surface area contributed by atoms with Gasteiger partial charge in [0.1, 0.15) is 6.17 Å². The van der Waals surface area contributed by atoms with Crippen molar-refractivity contribution in [3.05, 3.63) is 35.9 Å². The Bertz CT molecular complexity index is 504. The Morgan fingerprint density at radius 3 is 2.13 bits per heavy atom. The highest BCUT2D eigenvalue weighted by Crippen LogP contribution is 2.34. The molecule has 0 N–H and O–H groups in total. The number of carbonyl (C=O) groups excluding carboxylic acids is 1. The lowest BCUT2D eigenvalue weighted by Gasteiger charge is -2.21. The summed E-state index contributed by atoms with van der Waals surface area (Å²) in [6.45, 7) is 0. The molecule has 2 atom stereocenters. The van der Waals surface area contributed by atoms with Gasteiger partial charge in [0, 0.05) is 24.2 Å². The molecule has 0 aliphatic rings. The highest BCUT2D eigenvalue weighted by Gasteiger charge is 2.49. The number of benzene rings is 1. The van der Waals surface area contributed by atoms with Gasteiger partial charge in [0.25, 0.3) is 5.92 Å². The highest BCUT2D eigenvalue weighted by molar-refractivity contribution is 8.14. The Balaban J connectivity index is 2.45. The quantitative estimate of drug-likeness (QED) is 0.619. The third kappa shape index (κ3) is 6.80. The Morgan fingerprint density at radius 2 is 1.61 bits per heavy atom. The summed E-state index contributed by atoms with van der Waals surface area (Å²) >= 11 is 0.540. The van der Waals surface area contributed by atoms with Gasteiger partial charge in [-0.15, -0.1) is 0 Å². The van der Waals surface area contributed by atoms with Crippen LogP contribution in [-0.4, -0.2) is 35.3 Å². The van der Waals surface area contributed by atoms with Gasteiger partial charge in [0.05, 0.1) is 0 Å². The second kappa shape index (κ2) is 8.03. The van der Waals surface area contributed by atoms with Crippen molar-refractivity contribution in [2.24, 2.45) is 0 Å². The molecule has 0 saturated heterocycles. The SMILES string of the molecule is O=C(SCCC(F)(F)CC(F)C(F)C(F)(F)F)c1ccccc1. The monoisotopic (exact) mass is 362 g/mol. The summed E-state index contributed by atoms with van der Waals surface area (Å²) < 4.78 is 88.1. The molecular weight excluding hydrogens is 349 g/mol. The molecule has 130 valence electrons. The van der Waals surface area contributed by atoms with E-state index >= 15 is 0 Å². The molecular formula is C14H13F7OS. The van der Waals surface area contributed by atoms with Crippen LogP contribution in [0.4, 0.5) is 30.7 Å². The number of halogens is 7. The van der Waals surface area contributed by atoms with Crippen LogP contribution in [0, 0.1) is 0 Å². The summed E-state index contributed by atoms with van der Waals surface area (Å²) in [5.74, 6) is -4.25. The number of thioether (sulfide) groups is 1. The van der Waals surface area contributed by atoms with Crippen molar-refractivity contribution in [3.63, 3.8) is 0 Å². The Labute approximate surface area is 132 Å². The molecule has 0 spiro atoms. The number of rotatable bonds is 7. The fourth-order valence-electron chi connectivity index (χ4n) is 1.65. The van der Waals surface area contributed by atoms with E-state index in [-0.39, 0.29) is 5.56 Å². The normalized spacial score (nSPS) is 15.3. The number of hydrogen-bond acceptors (Lipinski definition) is 2. The number of alkyl halides is 7. The first kappa shape index (κ1) is 19.8. The van der Waals surface area contributed by atoms with Crippen molar-refractivity contribution in [3.8, 4) is 0 Å². The summed E-state index contributed by atoms with van der Waals surface area (Å²) in [6, 6.07) is 7.76. The zero-order valence-electron chi connectivity index (χ0n) is 11.6. The van der Waals surface area contributed by atoms with Crippen molar-refractivity contribution in [1.29, 1.82) is 0 Å². The van der Waals surface area contributed by atoms with Crippen LogP contribution in [0.15, 0.2) is 30.3 Å². The van der Waals surface area contributed by atoms with E-state index in [1.165, 1.54) is 12.1 Å². The molecule has 0 heterocycles. The molecule has 0 aliphatic heterocycles. The van der Waals surface area contributed by atoms with Crippen molar-refractivity contribution in [2.45, 2.75) is 37.3 Å². The van der Waals surface area contributed by atoms with Crippen molar-refractivity contribution in [1.82, 2.24) is 0 Å². The molecule has 0 radical (unpaired) electrons. The maximum absolute atomic E-state index is 13.4. The topological polar surface area (TPSA) is 17.1 Å². The van der Waals surface area contributed by atoms with Gasteiger partial charge in [-0.2, -0.15) is 13.2 Å². The predicted octanol–water partition coefficient (Wildman–Crippen LogP) is 5.21. The van der Waals surface area contributed by atoms with Crippen LogP contribution < -0.4 is 0 Å². The van der Waals surface area contributed by atoms with Crippen LogP contribution in [0.2, 0.25) is 0 Å². The van der Waals surface area contributed by atoms with E-state index in [0.717, 1.165) is 0 Å². The lowest BCUT2D eigenvalue weighted by atomic mass is 10.1. The molecule has 23 heavy (non-hydrogen) atoms. The molecule has 0 amide bonds. The Hall–Kier alpha value is -1.25. The van der Waals surface area contributed by atoms with Crippen molar-refractivity contribution in [2.75, 3.05) is 5.75 Å². The average molecular weight is 362 g/mol. The standard InChI is InChI=1S/C14H13F7OS/c15-10(11(16)14(19,20)21)8-13(17,18)6-7-23-12(22)9-4-2-1-3-5-9/h1-5,10-11H,6-8H2. The van der Waals surface area contributed by atoms with Gasteiger partial charge in [0.15, 0.2) is 0 Å². The maximum atomic E-state index is 13.4. The van der Waals surface area contributed by atoms with Gasteiger partial charge in [-0.25, -0.2) is 17.6 Å². The lowest BCUT2D eigenvalue weighted by Crippen LogP contribution is -2.37. The molecule has 1 nitrogen and oxygen atoms in total. The molecule has 0 fully saturated rings. The van der Waals surface area contributed by atoms with E-state index in [9.17, 15) is 35.5 Å². The Kier molecular flexibility index (Phi) is 6.91. The van der Waals surface area contributed by atoms with Gasteiger partial charge in [-0.1, -0.05) is 42.1 Å². The summed E-state index contributed by atoms with van der Waals surface area (Å²) in [4.78, 5) is 11.6. The Morgan fingerprint density at radius 1 is 1.04 bits per heavy atom.